The number of carbonyl (C=O) groups excluding carboxylic acids is 1. The molecule has 2 N–H and O–H groups in total. The first kappa shape index (κ1) is 22.6. The van der Waals surface area contributed by atoms with E-state index in [1.807, 2.05) is 30.7 Å². The molecule has 1 fully saturated rings. The van der Waals surface area contributed by atoms with Crippen molar-refractivity contribution < 1.29 is 18.0 Å². The number of anilines is 3. The molecule has 2 aromatic heterocycles. The van der Waals surface area contributed by atoms with Crippen molar-refractivity contribution in [1.29, 1.82) is 0 Å². The van der Waals surface area contributed by atoms with Crippen LogP contribution >= 0.6 is 0 Å². The van der Waals surface area contributed by atoms with Crippen LogP contribution in [0.1, 0.15) is 24.0 Å². The highest BCUT2D eigenvalue weighted by atomic mass is 19.4. The molecule has 0 saturated carbocycles. The van der Waals surface area contributed by atoms with Crippen molar-refractivity contribution in [3.63, 3.8) is 0 Å². The van der Waals surface area contributed by atoms with Crippen LogP contribution in [0.25, 0.3) is 11.0 Å². The van der Waals surface area contributed by atoms with Crippen LogP contribution in [0.3, 0.4) is 0 Å². The molecule has 3 aromatic rings. The first-order valence-electron chi connectivity index (χ1n) is 10.5. The predicted octanol–water partition coefficient (Wildman–Crippen LogP) is 3.90. The molecule has 8 nitrogen and oxygen atoms in total. The lowest BCUT2D eigenvalue weighted by Gasteiger charge is -2.33. The van der Waals surface area contributed by atoms with Gasteiger partial charge >= 0.3 is 6.18 Å². The third-order valence-corrected chi connectivity index (χ3v) is 5.74. The minimum Gasteiger partial charge on any atom is -0.350 e. The van der Waals surface area contributed by atoms with Crippen LogP contribution in [-0.2, 0) is 18.0 Å². The summed E-state index contributed by atoms with van der Waals surface area (Å²) in [5.74, 6) is 0.655. The first-order chi connectivity index (χ1) is 15.7. The summed E-state index contributed by atoms with van der Waals surface area (Å²) in [5, 5.41) is 5.93. The Hall–Kier alpha value is -3.63. The number of piperidine rings is 1. The van der Waals surface area contributed by atoms with Crippen molar-refractivity contribution in [1.82, 2.24) is 19.5 Å². The number of fused-ring (bicyclic) bond motifs is 1. The number of aryl methyl sites for hydroxylation is 2. The van der Waals surface area contributed by atoms with E-state index >= 15 is 0 Å². The van der Waals surface area contributed by atoms with Crippen LogP contribution in [0.2, 0.25) is 0 Å². The van der Waals surface area contributed by atoms with E-state index in [0.29, 0.717) is 12.2 Å². The second-order valence-electron chi connectivity index (χ2n) is 7.99. The molecule has 0 aliphatic carbocycles. The molecule has 11 heteroatoms. The topological polar surface area (TPSA) is 88.0 Å². The van der Waals surface area contributed by atoms with Crippen molar-refractivity contribution >= 4 is 34.5 Å². The fourth-order valence-corrected chi connectivity index (χ4v) is 3.99. The van der Waals surface area contributed by atoms with Crippen molar-refractivity contribution in [3.05, 3.63) is 48.3 Å². The number of halogens is 3. The van der Waals surface area contributed by atoms with Crippen LogP contribution in [-0.4, -0.2) is 44.6 Å². The van der Waals surface area contributed by atoms with Crippen LogP contribution < -0.4 is 15.5 Å². The second-order valence-corrected chi connectivity index (χ2v) is 7.99. The average Bonchev–Trinajstić information content (AvgIpc) is 3.13. The smallest absolute Gasteiger partial charge is 0.350 e. The van der Waals surface area contributed by atoms with Crippen molar-refractivity contribution in [2.45, 2.75) is 32.0 Å². The molecule has 1 atom stereocenters. The summed E-state index contributed by atoms with van der Waals surface area (Å²) in [4.78, 5) is 26.3. The summed E-state index contributed by atoms with van der Waals surface area (Å²) in [5.41, 5.74) is 2.37. The molecule has 1 aliphatic rings. The van der Waals surface area contributed by atoms with Crippen molar-refractivity contribution in [2.24, 2.45) is 7.05 Å². The quantitative estimate of drug-likeness (QED) is 0.563. The van der Waals surface area contributed by atoms with E-state index in [-0.39, 0.29) is 17.9 Å². The highest BCUT2D eigenvalue weighted by Crippen LogP contribution is 2.31. The number of benzene rings is 1. The van der Waals surface area contributed by atoms with Gasteiger partial charge in [-0.2, -0.15) is 13.2 Å². The minimum absolute atomic E-state index is 0.0427. The van der Waals surface area contributed by atoms with Gasteiger partial charge in [-0.15, -0.1) is 0 Å². The van der Waals surface area contributed by atoms with Gasteiger partial charge in [0, 0.05) is 49.8 Å². The van der Waals surface area contributed by atoms with Gasteiger partial charge in [0.2, 0.25) is 17.8 Å². The highest BCUT2D eigenvalue weighted by Gasteiger charge is 2.31. The number of aromatic nitrogens is 4. The Morgan fingerprint density at radius 1 is 1.27 bits per heavy atom. The SMILES string of the molecule is C=CC(=O)Nc1ccc2c(nc(N3CCCC(Nc4ncc(C(F)(F)F)cn4)C3)n2C)c1C. The standard InChI is InChI=1S/C22H24F3N7O/c1-4-18(33)29-16-7-8-17-19(13(16)2)30-21(31(17)3)32-9-5-6-15(12-32)28-20-26-10-14(11-27-20)22(23,24)25/h4,7-8,10-11,15H,1,5-6,9,12H2,2-3H3,(H,29,33)(H,26,27,28). The zero-order chi connectivity index (χ0) is 23.8. The van der Waals surface area contributed by atoms with Gasteiger partial charge in [0.15, 0.2) is 0 Å². The van der Waals surface area contributed by atoms with Gasteiger partial charge in [-0.05, 0) is 38.0 Å². The Morgan fingerprint density at radius 3 is 2.67 bits per heavy atom. The number of nitrogens with zero attached hydrogens (tertiary/aromatic N) is 5. The molecule has 0 bridgehead atoms. The number of imidazole rings is 1. The van der Waals surface area contributed by atoms with E-state index in [1.54, 1.807) is 0 Å². The van der Waals surface area contributed by atoms with Gasteiger partial charge in [0.25, 0.3) is 0 Å². The lowest BCUT2D eigenvalue weighted by atomic mass is 10.1. The van der Waals surface area contributed by atoms with Crippen molar-refractivity contribution in [2.75, 3.05) is 28.6 Å². The zero-order valence-electron chi connectivity index (χ0n) is 18.3. The number of hydrogen-bond donors (Lipinski definition) is 2. The second kappa shape index (κ2) is 8.72. The normalized spacial score (nSPS) is 16.6. The fourth-order valence-electron chi connectivity index (χ4n) is 3.99. The Kier molecular flexibility index (Phi) is 5.96. The van der Waals surface area contributed by atoms with E-state index in [4.69, 9.17) is 4.98 Å². The minimum atomic E-state index is -4.47. The molecule has 1 aromatic carbocycles. The fraction of sp³-hybridized carbons (Fsp3) is 0.364. The van der Waals surface area contributed by atoms with Gasteiger partial charge in [-0.1, -0.05) is 6.58 Å². The summed E-state index contributed by atoms with van der Waals surface area (Å²) in [6.07, 6.45) is 0.0319. The van der Waals surface area contributed by atoms with Gasteiger partial charge in [0.1, 0.15) is 0 Å². The molecule has 174 valence electrons. The third-order valence-electron chi connectivity index (χ3n) is 5.74. The molecule has 1 saturated heterocycles. The lowest BCUT2D eigenvalue weighted by molar-refractivity contribution is -0.138. The maximum atomic E-state index is 12.7. The van der Waals surface area contributed by atoms with Gasteiger partial charge in [0.05, 0.1) is 16.6 Å². The first-order valence-corrected chi connectivity index (χ1v) is 10.5. The molecule has 1 aliphatic heterocycles. The Morgan fingerprint density at radius 2 is 2.00 bits per heavy atom. The van der Waals surface area contributed by atoms with E-state index in [2.05, 4.69) is 32.1 Å². The number of carbonyl (C=O) groups is 1. The summed E-state index contributed by atoms with van der Waals surface area (Å²) in [6.45, 7) is 6.77. The molecule has 1 amide bonds. The molecule has 0 radical (unpaired) electrons. The maximum absolute atomic E-state index is 12.7. The molecule has 4 rings (SSSR count). The lowest BCUT2D eigenvalue weighted by Crippen LogP contribution is -2.43. The van der Waals surface area contributed by atoms with Gasteiger partial charge in [-0.25, -0.2) is 15.0 Å². The van der Waals surface area contributed by atoms with Gasteiger partial charge < -0.3 is 20.1 Å². The third kappa shape index (κ3) is 4.62. The van der Waals surface area contributed by atoms with Crippen LogP contribution in [0.15, 0.2) is 37.2 Å². The molecular weight excluding hydrogens is 435 g/mol. The van der Waals surface area contributed by atoms with Crippen LogP contribution in [0.5, 0.6) is 0 Å². The average molecular weight is 459 g/mol. The zero-order valence-corrected chi connectivity index (χ0v) is 18.3. The Labute approximate surface area is 188 Å². The number of hydrogen-bond acceptors (Lipinski definition) is 6. The largest absolute Gasteiger partial charge is 0.419 e. The Balaban J connectivity index is 1.53. The van der Waals surface area contributed by atoms with Crippen LogP contribution in [0.4, 0.5) is 30.8 Å². The molecule has 33 heavy (non-hydrogen) atoms. The van der Waals surface area contributed by atoms with E-state index in [1.165, 1.54) is 6.08 Å². The molecular formula is C22H24F3N7O. The maximum Gasteiger partial charge on any atom is 0.419 e. The van der Waals surface area contributed by atoms with E-state index < -0.39 is 11.7 Å². The number of alkyl halides is 3. The monoisotopic (exact) mass is 459 g/mol. The van der Waals surface area contributed by atoms with Crippen LogP contribution in [0, 0.1) is 6.92 Å². The summed E-state index contributed by atoms with van der Waals surface area (Å²) in [6, 6.07) is 3.71. The van der Waals surface area contributed by atoms with Gasteiger partial charge in [-0.3, -0.25) is 4.79 Å². The van der Waals surface area contributed by atoms with E-state index in [9.17, 15) is 18.0 Å². The molecule has 0 spiro atoms. The predicted molar refractivity (Wildman–Crippen MR) is 120 cm³/mol. The molecule has 1 unspecified atom stereocenters. The molecule has 3 heterocycles. The number of amides is 1. The van der Waals surface area contributed by atoms with E-state index in [0.717, 1.165) is 54.3 Å². The Bertz CT molecular complexity index is 1190. The highest BCUT2D eigenvalue weighted by molar-refractivity contribution is 6.01. The summed E-state index contributed by atoms with van der Waals surface area (Å²) in [7, 11) is 1.93. The number of nitrogens with one attached hydrogen (secondary N) is 2. The summed E-state index contributed by atoms with van der Waals surface area (Å²) >= 11 is 0. The summed E-state index contributed by atoms with van der Waals surface area (Å²) < 4.78 is 40.2. The van der Waals surface area contributed by atoms with Crippen molar-refractivity contribution in [3.8, 4) is 0 Å². The number of rotatable bonds is 5.